The summed E-state index contributed by atoms with van der Waals surface area (Å²) < 4.78 is 0. The number of carbonyl (C=O) groups excluding carboxylic acids is 1. The molecule has 1 aliphatic heterocycles. The van der Waals surface area contributed by atoms with E-state index in [1.807, 2.05) is 0 Å². The van der Waals surface area contributed by atoms with Crippen LogP contribution in [0, 0.1) is 0 Å². The minimum atomic E-state index is -0.0722. The summed E-state index contributed by atoms with van der Waals surface area (Å²) in [6, 6.07) is 3.39. The van der Waals surface area contributed by atoms with Crippen LogP contribution in [0.4, 0.5) is 5.82 Å². The standard InChI is InChI=1S/C9H12N4O/c14-9(7-3-1-5-10-7)12-8-4-2-6-11-13-8/h2,4,6-7,10H,1,3,5H2,(H,12,13,14). The van der Waals surface area contributed by atoms with Gasteiger partial charge in [0.15, 0.2) is 5.82 Å². The number of carbonyl (C=O) groups is 1. The Hall–Kier alpha value is -1.49. The van der Waals surface area contributed by atoms with Crippen LogP contribution in [0.5, 0.6) is 0 Å². The molecule has 0 aromatic carbocycles. The van der Waals surface area contributed by atoms with Crippen molar-refractivity contribution in [3.63, 3.8) is 0 Å². The van der Waals surface area contributed by atoms with Crippen LogP contribution < -0.4 is 10.6 Å². The van der Waals surface area contributed by atoms with Crippen LogP contribution in [0.1, 0.15) is 12.8 Å². The quantitative estimate of drug-likeness (QED) is 0.700. The van der Waals surface area contributed by atoms with E-state index < -0.39 is 0 Å². The number of anilines is 1. The number of nitrogens with one attached hydrogen (secondary N) is 2. The largest absolute Gasteiger partial charge is 0.308 e. The third-order valence-corrected chi connectivity index (χ3v) is 2.20. The first-order valence-electron chi connectivity index (χ1n) is 4.68. The lowest BCUT2D eigenvalue weighted by Crippen LogP contribution is -2.35. The summed E-state index contributed by atoms with van der Waals surface area (Å²) in [5.74, 6) is 0.481. The van der Waals surface area contributed by atoms with Crippen molar-refractivity contribution in [1.82, 2.24) is 15.5 Å². The van der Waals surface area contributed by atoms with Gasteiger partial charge in [-0.3, -0.25) is 4.79 Å². The second-order valence-corrected chi connectivity index (χ2v) is 3.25. The topological polar surface area (TPSA) is 66.9 Å². The Morgan fingerprint density at radius 1 is 1.64 bits per heavy atom. The molecule has 0 aliphatic carbocycles. The van der Waals surface area contributed by atoms with Gasteiger partial charge in [0, 0.05) is 6.20 Å². The molecule has 2 rings (SSSR count). The smallest absolute Gasteiger partial charge is 0.242 e. The third-order valence-electron chi connectivity index (χ3n) is 2.20. The second kappa shape index (κ2) is 4.15. The van der Waals surface area contributed by atoms with Crippen LogP contribution in [0.3, 0.4) is 0 Å². The fraction of sp³-hybridized carbons (Fsp3) is 0.444. The van der Waals surface area contributed by atoms with Crippen molar-refractivity contribution in [1.29, 1.82) is 0 Å². The van der Waals surface area contributed by atoms with Gasteiger partial charge in [0.25, 0.3) is 0 Å². The van der Waals surface area contributed by atoms with Gasteiger partial charge in [0.1, 0.15) is 0 Å². The van der Waals surface area contributed by atoms with Crippen LogP contribution in [0.15, 0.2) is 18.3 Å². The molecule has 2 N–H and O–H groups in total. The molecule has 1 aromatic heterocycles. The van der Waals surface area contributed by atoms with E-state index in [1.54, 1.807) is 18.3 Å². The Morgan fingerprint density at radius 3 is 3.21 bits per heavy atom. The van der Waals surface area contributed by atoms with Crippen molar-refractivity contribution in [2.75, 3.05) is 11.9 Å². The fourth-order valence-electron chi connectivity index (χ4n) is 1.49. The molecule has 0 saturated carbocycles. The van der Waals surface area contributed by atoms with Crippen molar-refractivity contribution >= 4 is 11.7 Å². The zero-order valence-electron chi connectivity index (χ0n) is 7.73. The van der Waals surface area contributed by atoms with Gasteiger partial charge in [-0.05, 0) is 31.5 Å². The van der Waals surface area contributed by atoms with Crippen LogP contribution in [-0.4, -0.2) is 28.7 Å². The first-order chi connectivity index (χ1) is 6.86. The highest BCUT2D eigenvalue weighted by Gasteiger charge is 2.21. The fourth-order valence-corrected chi connectivity index (χ4v) is 1.49. The molecule has 1 saturated heterocycles. The number of hydrogen-bond donors (Lipinski definition) is 2. The average molecular weight is 192 g/mol. The molecule has 1 unspecified atom stereocenters. The number of rotatable bonds is 2. The lowest BCUT2D eigenvalue weighted by molar-refractivity contribution is -0.117. The van der Waals surface area contributed by atoms with Crippen molar-refractivity contribution in [2.45, 2.75) is 18.9 Å². The molecule has 14 heavy (non-hydrogen) atoms. The molecule has 1 aliphatic rings. The van der Waals surface area contributed by atoms with Gasteiger partial charge < -0.3 is 10.6 Å². The summed E-state index contributed by atoms with van der Waals surface area (Å²) in [7, 11) is 0. The summed E-state index contributed by atoms with van der Waals surface area (Å²) in [5, 5.41) is 13.3. The summed E-state index contributed by atoms with van der Waals surface area (Å²) in [4.78, 5) is 11.6. The van der Waals surface area contributed by atoms with E-state index in [-0.39, 0.29) is 11.9 Å². The van der Waals surface area contributed by atoms with Gasteiger partial charge in [0.05, 0.1) is 6.04 Å². The summed E-state index contributed by atoms with van der Waals surface area (Å²) in [5.41, 5.74) is 0. The second-order valence-electron chi connectivity index (χ2n) is 3.25. The van der Waals surface area contributed by atoms with E-state index in [0.29, 0.717) is 5.82 Å². The predicted octanol–water partition coefficient (Wildman–Crippen LogP) is 0.167. The van der Waals surface area contributed by atoms with E-state index in [4.69, 9.17) is 0 Å². The Balaban J connectivity index is 1.94. The number of nitrogens with zero attached hydrogens (tertiary/aromatic N) is 2. The van der Waals surface area contributed by atoms with Gasteiger partial charge in [0.2, 0.25) is 5.91 Å². The highest BCUT2D eigenvalue weighted by Crippen LogP contribution is 2.07. The minimum absolute atomic E-state index is 0.0250. The van der Waals surface area contributed by atoms with Gasteiger partial charge in [-0.2, -0.15) is 5.10 Å². The van der Waals surface area contributed by atoms with Crippen LogP contribution in [0.25, 0.3) is 0 Å². The molecule has 0 bridgehead atoms. The molecule has 2 heterocycles. The lowest BCUT2D eigenvalue weighted by atomic mass is 10.2. The first-order valence-corrected chi connectivity index (χ1v) is 4.68. The molecular formula is C9H12N4O. The van der Waals surface area contributed by atoms with Crippen molar-refractivity contribution in [3.8, 4) is 0 Å². The molecule has 1 amide bonds. The zero-order valence-corrected chi connectivity index (χ0v) is 7.73. The van der Waals surface area contributed by atoms with Crippen molar-refractivity contribution in [2.24, 2.45) is 0 Å². The summed E-state index contributed by atoms with van der Waals surface area (Å²) >= 11 is 0. The predicted molar refractivity (Wildman–Crippen MR) is 51.7 cm³/mol. The lowest BCUT2D eigenvalue weighted by Gasteiger charge is -2.09. The Labute approximate surface area is 81.9 Å². The zero-order chi connectivity index (χ0) is 9.80. The molecule has 0 spiro atoms. The molecule has 5 nitrogen and oxygen atoms in total. The van der Waals surface area contributed by atoms with Crippen molar-refractivity contribution in [3.05, 3.63) is 18.3 Å². The maximum absolute atomic E-state index is 11.6. The van der Waals surface area contributed by atoms with E-state index in [9.17, 15) is 4.79 Å². The van der Waals surface area contributed by atoms with Gasteiger partial charge in [-0.15, -0.1) is 5.10 Å². The first kappa shape index (κ1) is 9.08. The third kappa shape index (κ3) is 2.05. The minimum Gasteiger partial charge on any atom is -0.308 e. The highest BCUT2D eigenvalue weighted by molar-refractivity contribution is 5.94. The number of hydrogen-bond acceptors (Lipinski definition) is 4. The maximum Gasteiger partial charge on any atom is 0.242 e. The van der Waals surface area contributed by atoms with E-state index >= 15 is 0 Å². The monoisotopic (exact) mass is 192 g/mol. The molecule has 1 aromatic rings. The van der Waals surface area contributed by atoms with Gasteiger partial charge >= 0.3 is 0 Å². The normalized spacial score (nSPS) is 20.7. The van der Waals surface area contributed by atoms with E-state index in [1.165, 1.54) is 0 Å². The summed E-state index contributed by atoms with van der Waals surface area (Å²) in [6.07, 6.45) is 3.52. The van der Waals surface area contributed by atoms with Crippen LogP contribution in [0.2, 0.25) is 0 Å². The Morgan fingerprint density at radius 2 is 2.57 bits per heavy atom. The molecule has 5 heteroatoms. The summed E-state index contributed by atoms with van der Waals surface area (Å²) in [6.45, 7) is 0.915. The Kier molecular flexibility index (Phi) is 2.69. The molecule has 0 radical (unpaired) electrons. The molecular weight excluding hydrogens is 180 g/mol. The SMILES string of the molecule is O=C(Nc1cccnn1)C1CCCN1. The average Bonchev–Trinajstić information content (AvgIpc) is 2.72. The Bertz CT molecular complexity index is 308. The van der Waals surface area contributed by atoms with E-state index in [2.05, 4.69) is 20.8 Å². The number of amides is 1. The molecule has 1 fully saturated rings. The van der Waals surface area contributed by atoms with Gasteiger partial charge in [-0.25, -0.2) is 0 Å². The van der Waals surface area contributed by atoms with Crippen LogP contribution in [-0.2, 0) is 4.79 Å². The molecule has 1 atom stereocenters. The molecule has 74 valence electrons. The highest BCUT2D eigenvalue weighted by atomic mass is 16.2. The van der Waals surface area contributed by atoms with Gasteiger partial charge in [-0.1, -0.05) is 0 Å². The van der Waals surface area contributed by atoms with Crippen molar-refractivity contribution < 1.29 is 4.79 Å². The number of aromatic nitrogens is 2. The van der Waals surface area contributed by atoms with Crippen LogP contribution >= 0.6 is 0 Å². The maximum atomic E-state index is 11.6. The van der Waals surface area contributed by atoms with E-state index in [0.717, 1.165) is 19.4 Å².